The quantitative estimate of drug-likeness (QED) is 0.0227. The van der Waals surface area contributed by atoms with Crippen LogP contribution in [-0.4, -0.2) is 116 Å². The lowest BCUT2D eigenvalue weighted by Crippen LogP contribution is -2.06. The Bertz CT molecular complexity index is 7670. The minimum atomic E-state index is -0.444. The van der Waals surface area contributed by atoms with Gasteiger partial charge < -0.3 is 44.1 Å². The predicted molar refractivity (Wildman–Crippen MR) is 544 cm³/mol. The topological polar surface area (TPSA) is 247 Å². The van der Waals surface area contributed by atoms with Crippen LogP contribution >= 0.6 is 0 Å². The van der Waals surface area contributed by atoms with Crippen LogP contribution in [0.5, 0.6) is 34.5 Å². The number of hydrogen-bond donors (Lipinski definition) is 4. The maximum atomic E-state index is 12.9. The number of para-hydroxylation sites is 3. The standard InChI is InChI=1S/C37H32N2O5.C30H26N2O3.C25H18N2O.C23H24N2O3/c1-5-44-37(41)32-21-33(30-18-17-27(42-3)20-34(30)43-4)39(23(32)2)38-22-26-13-10-16-31(36(26)40)35-28-14-8-6-11-24(28)19-25-12-7-9-15-29(25)35;1-4-35-30(34)27-16-19(2)32(20(27)3)31-18-23-12-9-15-26(29(23)33)28-24-13-7-5-10-21(24)17-22-11-6-8-14-25(22)28;28-25-20(17-26-27-14-5-6-15-27)10-7-13-23(25)24-21-11-3-1-8-18(21)16-19-9-2-4-12-22(19)24;1-5-28-23(27)20-13-17(4)25(21(20)18-9-7-6-8-10-18)24-14-19-12-15(2)11-16(3)22(19)26/h6-22,40H,5H2,1-4H3;5-18,33H,4H2,1-3H3;1-17,28H;6-14,26H,5H2,1-4H3/b38-22+;31-18+;26-17+;24-14+. The van der Waals surface area contributed by atoms with E-state index in [2.05, 4.69) is 106 Å². The lowest BCUT2D eigenvalue weighted by molar-refractivity contribution is 0.0515. The summed E-state index contributed by atoms with van der Waals surface area (Å²) in [5.74, 6) is 0.704. The molecule has 20 nitrogen and oxygen atoms in total. The fraction of sp³-hybridized carbons (Fsp3) is 0.122. The molecule has 4 N–H and O–H groups in total. The number of carbonyl (C=O) groups is 3. The number of aromatic hydroxyl groups is 4. The summed E-state index contributed by atoms with van der Waals surface area (Å²) in [6.45, 7) is 17.4. The summed E-state index contributed by atoms with van der Waals surface area (Å²) < 4.78 is 33.5. The number of aryl methyl sites for hydroxylation is 4. The molecule has 19 rings (SSSR count). The summed E-state index contributed by atoms with van der Waals surface area (Å²) in [5, 5.41) is 76.0. The van der Waals surface area contributed by atoms with Gasteiger partial charge in [-0.1, -0.05) is 218 Å². The van der Waals surface area contributed by atoms with Crippen LogP contribution in [0.4, 0.5) is 0 Å². The molecule has 4 heterocycles. The number of hydrogen-bond acceptors (Lipinski definition) is 16. The van der Waals surface area contributed by atoms with E-state index in [0.717, 1.165) is 121 Å². The molecule has 0 radical (unpaired) electrons. The monoisotopic (exact) mass is 1780 g/mol. The number of rotatable bonds is 21. The van der Waals surface area contributed by atoms with Gasteiger partial charge in [0.1, 0.15) is 34.5 Å². The number of aromatic nitrogens is 4. The first kappa shape index (κ1) is 91.2. The Morgan fingerprint density at radius 2 is 0.696 bits per heavy atom. The van der Waals surface area contributed by atoms with Gasteiger partial charge in [0.2, 0.25) is 0 Å². The lowest BCUT2D eigenvalue weighted by Gasteiger charge is -2.14. The molecular weight excluding hydrogens is 1690 g/mol. The number of phenolic OH excluding ortho intramolecular Hbond substituents is 4. The van der Waals surface area contributed by atoms with Crippen molar-refractivity contribution in [1.82, 2.24) is 18.7 Å². The van der Waals surface area contributed by atoms with Gasteiger partial charge in [-0.15, -0.1) is 0 Å². The second kappa shape index (κ2) is 40.9. The molecule has 0 spiro atoms. The number of nitrogens with zero attached hydrogens (tertiary/aromatic N) is 8. The van der Waals surface area contributed by atoms with Crippen molar-refractivity contribution >= 4 is 107 Å². The van der Waals surface area contributed by atoms with Crippen LogP contribution in [0.15, 0.2) is 342 Å². The Kier molecular flexibility index (Phi) is 27.6. The SMILES string of the molecule is CCOC(=O)c1cc(-c2ccc(OC)cc2OC)n(/N=C/c2cccc(-c3c4ccccc4cc4ccccc34)c2O)c1C.CCOC(=O)c1cc(C)n(/N=C/c2cc(C)cc(C)c2O)c1-c1ccccc1.CCOC(=O)c1cc(C)n(/N=C/c2cccc(-c3c4ccccc4cc4ccccc34)c2O)c1C.Oc1c(/C=N/n2cccc2)cccc1-c1c2ccccc2cc2ccccc12. The van der Waals surface area contributed by atoms with Gasteiger partial charge in [-0.05, 0) is 223 Å². The summed E-state index contributed by atoms with van der Waals surface area (Å²) in [7, 11) is 3.17. The van der Waals surface area contributed by atoms with Gasteiger partial charge in [0.05, 0.1) is 98.4 Å². The molecular formula is C115H100N8O12. The van der Waals surface area contributed by atoms with Crippen molar-refractivity contribution in [2.75, 3.05) is 34.0 Å². The zero-order chi connectivity index (χ0) is 94.5. The molecule has 0 aliphatic rings. The second-order valence-electron chi connectivity index (χ2n) is 32.3. The average molecular weight is 1790 g/mol. The third-order valence-electron chi connectivity index (χ3n) is 23.6. The van der Waals surface area contributed by atoms with E-state index < -0.39 is 5.97 Å². The van der Waals surface area contributed by atoms with Crippen molar-refractivity contribution in [3.8, 4) is 90.4 Å². The predicted octanol–water partition coefficient (Wildman–Crippen LogP) is 26.0. The largest absolute Gasteiger partial charge is 0.507 e. The highest BCUT2D eigenvalue weighted by molar-refractivity contribution is 6.17. The molecule has 0 saturated heterocycles. The first-order chi connectivity index (χ1) is 65.7. The van der Waals surface area contributed by atoms with Crippen LogP contribution in [-0.2, 0) is 14.2 Å². The van der Waals surface area contributed by atoms with E-state index in [9.17, 15) is 34.8 Å². The molecule has 0 aliphatic carbocycles. The van der Waals surface area contributed by atoms with Gasteiger partial charge in [0, 0.05) is 96.6 Å². The van der Waals surface area contributed by atoms with Crippen molar-refractivity contribution in [3.05, 3.63) is 395 Å². The van der Waals surface area contributed by atoms with Gasteiger partial charge in [0.15, 0.2) is 0 Å². The number of benzene rings is 15. The molecule has 0 aliphatic heterocycles. The molecule has 135 heavy (non-hydrogen) atoms. The minimum absolute atomic E-state index is 0.108. The van der Waals surface area contributed by atoms with Crippen molar-refractivity contribution in [1.29, 1.82) is 0 Å². The Morgan fingerprint density at radius 1 is 0.326 bits per heavy atom. The molecule has 672 valence electrons. The molecule has 0 fully saturated rings. The fourth-order valence-corrected chi connectivity index (χ4v) is 17.2. The average Bonchev–Trinajstić information content (AvgIpc) is 1.69. The zero-order valence-corrected chi connectivity index (χ0v) is 76.7. The molecule has 0 unspecified atom stereocenters. The summed E-state index contributed by atoms with van der Waals surface area (Å²) in [5.41, 5.74) is 16.6. The first-order valence-corrected chi connectivity index (χ1v) is 44.4. The third-order valence-corrected chi connectivity index (χ3v) is 23.6. The number of phenols is 4. The van der Waals surface area contributed by atoms with Gasteiger partial charge in [-0.3, -0.25) is 0 Å². The van der Waals surface area contributed by atoms with E-state index in [0.29, 0.717) is 97.6 Å². The summed E-state index contributed by atoms with van der Waals surface area (Å²) in [4.78, 5) is 37.6. The Hall–Kier alpha value is -17.1. The number of ether oxygens (including phenoxy) is 5. The number of carbonyl (C=O) groups excluding carboxylic acids is 3. The van der Waals surface area contributed by atoms with Crippen LogP contribution in [0, 0.1) is 41.5 Å². The fourth-order valence-electron chi connectivity index (χ4n) is 17.2. The molecule has 0 amide bonds. The van der Waals surface area contributed by atoms with Crippen LogP contribution in [0.2, 0.25) is 0 Å². The van der Waals surface area contributed by atoms with Crippen molar-refractivity contribution in [3.63, 3.8) is 0 Å². The molecule has 0 saturated carbocycles. The smallest absolute Gasteiger partial charge is 0.340 e. The number of methoxy groups -OCH3 is 2. The van der Waals surface area contributed by atoms with Crippen LogP contribution < -0.4 is 9.47 Å². The highest BCUT2D eigenvalue weighted by Gasteiger charge is 2.27. The van der Waals surface area contributed by atoms with E-state index in [1.807, 2.05) is 248 Å². The molecule has 4 aromatic heterocycles. The van der Waals surface area contributed by atoms with E-state index >= 15 is 0 Å². The maximum Gasteiger partial charge on any atom is 0.340 e. The Labute approximate surface area is 781 Å². The maximum absolute atomic E-state index is 12.9. The van der Waals surface area contributed by atoms with Crippen molar-refractivity contribution in [2.24, 2.45) is 20.4 Å². The first-order valence-electron chi connectivity index (χ1n) is 44.4. The number of esters is 3. The summed E-state index contributed by atoms with van der Waals surface area (Å²) in [6.07, 6.45) is 10.2. The van der Waals surface area contributed by atoms with Gasteiger partial charge >= 0.3 is 17.9 Å². The van der Waals surface area contributed by atoms with Crippen molar-refractivity contribution in [2.45, 2.75) is 62.3 Å². The zero-order valence-electron chi connectivity index (χ0n) is 76.7. The summed E-state index contributed by atoms with van der Waals surface area (Å²) >= 11 is 0. The van der Waals surface area contributed by atoms with Gasteiger partial charge in [-0.25, -0.2) is 33.1 Å². The van der Waals surface area contributed by atoms with Crippen LogP contribution in [0.1, 0.15) is 108 Å². The van der Waals surface area contributed by atoms with Gasteiger partial charge in [0.25, 0.3) is 0 Å². The Morgan fingerprint density at radius 3 is 1.13 bits per heavy atom. The normalized spacial score (nSPS) is 11.4. The van der Waals surface area contributed by atoms with Gasteiger partial charge in [-0.2, -0.15) is 20.4 Å². The van der Waals surface area contributed by atoms with E-state index in [1.54, 1.807) is 103 Å². The molecule has 15 aromatic carbocycles. The minimum Gasteiger partial charge on any atom is -0.507 e. The number of fused-ring (bicyclic) bond motifs is 6. The summed E-state index contributed by atoms with van der Waals surface area (Å²) in [6, 6.07) is 101. The van der Waals surface area contributed by atoms with E-state index in [-0.39, 0.29) is 41.5 Å². The highest BCUT2D eigenvalue weighted by Crippen LogP contribution is 2.46. The van der Waals surface area contributed by atoms with Crippen LogP contribution in [0.3, 0.4) is 0 Å². The Balaban J connectivity index is 0.000000133. The molecule has 0 bridgehead atoms. The van der Waals surface area contributed by atoms with E-state index in [1.165, 1.54) is 0 Å². The molecule has 0 atom stereocenters. The van der Waals surface area contributed by atoms with E-state index in [4.69, 9.17) is 28.8 Å². The lowest BCUT2D eigenvalue weighted by atomic mass is 9.91. The molecule has 19 aromatic rings. The highest BCUT2D eigenvalue weighted by atomic mass is 16.5. The third kappa shape index (κ3) is 19.1. The second-order valence-corrected chi connectivity index (χ2v) is 32.3. The molecule has 20 heteroatoms. The van der Waals surface area contributed by atoms with Crippen molar-refractivity contribution < 1.29 is 58.5 Å². The van der Waals surface area contributed by atoms with Crippen LogP contribution in [0.25, 0.3) is 121 Å².